The Labute approximate surface area is 632 Å². The van der Waals surface area contributed by atoms with Gasteiger partial charge >= 0.3 is 39.5 Å². The van der Waals surface area contributed by atoms with Crippen LogP contribution >= 0.6 is 15.6 Å². The van der Waals surface area contributed by atoms with Crippen molar-refractivity contribution < 1.29 is 80.2 Å². The summed E-state index contributed by atoms with van der Waals surface area (Å²) in [4.78, 5) is 73.1. The molecule has 103 heavy (non-hydrogen) atoms. The lowest BCUT2D eigenvalue weighted by Gasteiger charge is -2.21. The molecule has 0 aliphatic heterocycles. The van der Waals surface area contributed by atoms with Crippen molar-refractivity contribution in [1.29, 1.82) is 0 Å². The number of phosphoric acid groups is 2. The molecule has 0 rings (SSSR count). The summed E-state index contributed by atoms with van der Waals surface area (Å²) in [7, 11) is -9.93. The molecule has 0 fully saturated rings. The van der Waals surface area contributed by atoms with Gasteiger partial charge in [-0.1, -0.05) is 389 Å². The monoisotopic (exact) mass is 1510 g/mol. The average molecular weight is 1510 g/mol. The molecule has 612 valence electrons. The van der Waals surface area contributed by atoms with E-state index in [1.54, 1.807) is 0 Å². The summed E-state index contributed by atoms with van der Waals surface area (Å²) in [6, 6.07) is 0. The van der Waals surface area contributed by atoms with E-state index in [0.717, 1.165) is 108 Å². The Bertz CT molecular complexity index is 1990. The Hall–Kier alpha value is -1.94. The van der Waals surface area contributed by atoms with E-state index in [4.69, 9.17) is 37.0 Å². The number of unbranched alkanes of at least 4 members (excludes halogenated alkanes) is 49. The third kappa shape index (κ3) is 76.6. The first-order chi connectivity index (χ1) is 49.8. The number of esters is 4. The molecule has 0 aromatic rings. The summed E-state index contributed by atoms with van der Waals surface area (Å²) < 4.78 is 68.8. The van der Waals surface area contributed by atoms with Gasteiger partial charge in [-0.25, -0.2) is 9.13 Å². The van der Waals surface area contributed by atoms with Crippen LogP contribution in [0.3, 0.4) is 0 Å². The van der Waals surface area contributed by atoms with E-state index in [9.17, 15) is 43.2 Å². The highest BCUT2D eigenvalue weighted by Gasteiger charge is 2.30. The van der Waals surface area contributed by atoms with Crippen molar-refractivity contribution in [1.82, 2.24) is 0 Å². The minimum atomic E-state index is -4.96. The second-order valence-electron chi connectivity index (χ2n) is 31.4. The molecule has 0 heterocycles. The highest BCUT2D eigenvalue weighted by atomic mass is 31.2. The van der Waals surface area contributed by atoms with E-state index in [2.05, 4.69) is 48.5 Å². The summed E-state index contributed by atoms with van der Waals surface area (Å²) in [5.41, 5.74) is 0. The molecule has 0 saturated heterocycles. The zero-order chi connectivity index (χ0) is 75.8. The highest BCUT2D eigenvalue weighted by molar-refractivity contribution is 7.47. The highest BCUT2D eigenvalue weighted by Crippen LogP contribution is 2.45. The minimum Gasteiger partial charge on any atom is -0.462 e. The standard InChI is InChI=1S/C84H164O17P2/c1-8-10-11-12-13-14-15-16-21-25-32-37-46-53-60-67-84(89)101-80(72-95-82(87)66-59-52-45-40-39-42-49-56-63-76(5)6)74-99-103(92,93)97-70-78(85)69-96-102(90,91)98-73-79(71-94-81(86)65-58-51-44-36-31-28-27-29-34-41-48-55-62-75(3)4)100-83(88)68-61-54-47-38-33-26-23-20-18-17-19-22-24-30-35-43-50-57-64-77(7)9-2/h75-80,85H,8-74H2,1-7H3,(H,90,91)(H,92,93)/t77?,78-,79-,80-/m1/s1. The molecule has 0 aliphatic rings. The number of hydrogen-bond acceptors (Lipinski definition) is 15. The molecule has 6 atom stereocenters. The predicted octanol–water partition coefficient (Wildman–Crippen LogP) is 25.3. The van der Waals surface area contributed by atoms with Gasteiger partial charge in [-0.05, 0) is 43.4 Å². The number of aliphatic hydroxyl groups is 1. The lowest BCUT2D eigenvalue weighted by Crippen LogP contribution is -2.30. The van der Waals surface area contributed by atoms with Crippen LogP contribution in [0.15, 0.2) is 0 Å². The van der Waals surface area contributed by atoms with Crippen molar-refractivity contribution in [3.63, 3.8) is 0 Å². The van der Waals surface area contributed by atoms with Crippen LogP contribution < -0.4 is 0 Å². The number of rotatable bonds is 82. The molecule has 0 aromatic carbocycles. The Morgan fingerprint density at radius 2 is 0.495 bits per heavy atom. The van der Waals surface area contributed by atoms with E-state index in [1.807, 2.05) is 0 Å². The van der Waals surface area contributed by atoms with Gasteiger partial charge in [0.05, 0.1) is 26.4 Å². The lowest BCUT2D eigenvalue weighted by molar-refractivity contribution is -0.161. The van der Waals surface area contributed by atoms with Gasteiger partial charge in [0.2, 0.25) is 0 Å². The molecule has 17 nitrogen and oxygen atoms in total. The van der Waals surface area contributed by atoms with E-state index in [-0.39, 0.29) is 25.7 Å². The Morgan fingerprint density at radius 1 is 0.282 bits per heavy atom. The first-order valence-electron chi connectivity index (χ1n) is 43.4. The number of hydrogen-bond donors (Lipinski definition) is 3. The summed E-state index contributed by atoms with van der Waals surface area (Å²) in [5.74, 6) is 0.272. The SMILES string of the molecule is CCCCCCCCCCCCCCCCCC(=O)O[C@H](COC(=O)CCCCCCCCCCC(C)C)COP(=O)(O)OC[C@H](O)COP(=O)(O)OC[C@@H](COC(=O)CCCCCCCCCCCCCCC(C)C)OC(=O)CCCCCCCCCCCCCCCCCCCCC(C)CC. The maximum absolute atomic E-state index is 13.1. The van der Waals surface area contributed by atoms with Gasteiger partial charge in [-0.2, -0.15) is 0 Å². The lowest BCUT2D eigenvalue weighted by atomic mass is 9.99. The quantitative estimate of drug-likeness (QED) is 0.0222. The summed E-state index contributed by atoms with van der Waals surface area (Å²) in [6.07, 6.45) is 63.8. The predicted molar refractivity (Wildman–Crippen MR) is 423 cm³/mol. The first kappa shape index (κ1) is 101. The Balaban J connectivity index is 5.23. The van der Waals surface area contributed by atoms with Crippen molar-refractivity contribution in [3.8, 4) is 0 Å². The van der Waals surface area contributed by atoms with Gasteiger partial charge in [0.1, 0.15) is 19.3 Å². The maximum atomic E-state index is 13.1. The van der Waals surface area contributed by atoms with Crippen LogP contribution in [0.4, 0.5) is 0 Å². The molecule has 0 spiro atoms. The van der Waals surface area contributed by atoms with Crippen molar-refractivity contribution in [2.24, 2.45) is 17.8 Å². The first-order valence-corrected chi connectivity index (χ1v) is 46.4. The third-order valence-corrected chi connectivity index (χ3v) is 21.9. The largest absolute Gasteiger partial charge is 0.472 e. The molecule has 0 amide bonds. The Morgan fingerprint density at radius 3 is 0.738 bits per heavy atom. The van der Waals surface area contributed by atoms with Crippen molar-refractivity contribution in [2.45, 2.75) is 458 Å². The molecular formula is C84H164O17P2. The second kappa shape index (κ2) is 74.2. The zero-order valence-corrected chi connectivity index (χ0v) is 69.6. The molecule has 3 N–H and O–H groups in total. The van der Waals surface area contributed by atoms with Gasteiger partial charge < -0.3 is 33.8 Å². The van der Waals surface area contributed by atoms with Crippen LogP contribution in [0.5, 0.6) is 0 Å². The van der Waals surface area contributed by atoms with Gasteiger partial charge in [0.15, 0.2) is 12.2 Å². The van der Waals surface area contributed by atoms with Crippen molar-refractivity contribution in [2.75, 3.05) is 39.6 Å². The van der Waals surface area contributed by atoms with Crippen LogP contribution in [0.1, 0.15) is 440 Å². The maximum Gasteiger partial charge on any atom is 0.472 e. The molecule has 0 radical (unpaired) electrons. The average Bonchev–Trinajstić information content (AvgIpc) is 1.16. The molecule has 19 heteroatoms. The van der Waals surface area contributed by atoms with Gasteiger partial charge in [0, 0.05) is 25.7 Å². The number of carbonyl (C=O) groups is 4. The number of phosphoric ester groups is 2. The number of aliphatic hydroxyl groups excluding tert-OH is 1. The molecule has 0 aliphatic carbocycles. The fourth-order valence-electron chi connectivity index (χ4n) is 13.0. The van der Waals surface area contributed by atoms with E-state index < -0.39 is 97.5 Å². The van der Waals surface area contributed by atoms with Gasteiger partial charge in [-0.3, -0.25) is 37.3 Å². The zero-order valence-electron chi connectivity index (χ0n) is 67.8. The Kier molecular flexibility index (Phi) is 72.8. The fourth-order valence-corrected chi connectivity index (χ4v) is 14.6. The summed E-state index contributed by atoms with van der Waals surface area (Å²) >= 11 is 0. The van der Waals surface area contributed by atoms with E-state index in [0.29, 0.717) is 25.7 Å². The number of carbonyl (C=O) groups excluding carboxylic acids is 4. The molecule has 0 bridgehead atoms. The van der Waals surface area contributed by atoms with Crippen molar-refractivity contribution in [3.05, 3.63) is 0 Å². The smallest absolute Gasteiger partial charge is 0.462 e. The van der Waals surface area contributed by atoms with Crippen LogP contribution in [0.2, 0.25) is 0 Å². The summed E-state index contributed by atoms with van der Waals surface area (Å²) in [6.45, 7) is 12.0. The van der Waals surface area contributed by atoms with Crippen LogP contribution in [0, 0.1) is 17.8 Å². The van der Waals surface area contributed by atoms with E-state index in [1.165, 1.54) is 250 Å². The fraction of sp³-hybridized carbons (Fsp3) is 0.952. The molecule has 0 aromatic heterocycles. The van der Waals surface area contributed by atoms with Crippen LogP contribution in [-0.2, 0) is 65.4 Å². The third-order valence-electron chi connectivity index (χ3n) is 20.0. The molecule has 3 unspecified atom stereocenters. The minimum absolute atomic E-state index is 0.108. The van der Waals surface area contributed by atoms with E-state index >= 15 is 0 Å². The van der Waals surface area contributed by atoms with Gasteiger partial charge in [0.25, 0.3) is 0 Å². The molecular weight excluding hydrogens is 1340 g/mol. The molecule has 0 saturated carbocycles. The normalized spacial score (nSPS) is 14.2. The second-order valence-corrected chi connectivity index (χ2v) is 34.3. The van der Waals surface area contributed by atoms with Crippen LogP contribution in [0.25, 0.3) is 0 Å². The van der Waals surface area contributed by atoms with Gasteiger partial charge in [-0.15, -0.1) is 0 Å². The summed E-state index contributed by atoms with van der Waals surface area (Å²) in [5, 5.41) is 10.7. The number of ether oxygens (including phenoxy) is 4. The van der Waals surface area contributed by atoms with Crippen LogP contribution in [-0.4, -0.2) is 96.7 Å². The topological polar surface area (TPSA) is 237 Å². The van der Waals surface area contributed by atoms with Crippen molar-refractivity contribution >= 4 is 39.5 Å².